The van der Waals surface area contributed by atoms with Gasteiger partial charge in [-0.2, -0.15) is 0 Å². The molecule has 102 valence electrons. The molecule has 0 aliphatic rings. The molecule has 0 atom stereocenters. The minimum absolute atomic E-state index is 0.0766. The van der Waals surface area contributed by atoms with Crippen LogP contribution in [0.1, 0.15) is 6.42 Å². The Hall–Kier alpha value is -2.49. The van der Waals surface area contributed by atoms with Crippen LogP contribution in [-0.4, -0.2) is 11.2 Å². The lowest BCUT2D eigenvalue weighted by Crippen LogP contribution is -2.06. The maximum absolute atomic E-state index is 11.9. The van der Waals surface area contributed by atoms with E-state index >= 15 is 0 Å². The number of ether oxygens (including phenoxy) is 1. The van der Waals surface area contributed by atoms with Crippen LogP contribution in [0.25, 0.3) is 11.0 Å². The van der Waals surface area contributed by atoms with E-state index in [-0.39, 0.29) is 5.43 Å². The van der Waals surface area contributed by atoms with E-state index in [9.17, 15) is 4.79 Å². The number of hydrogen-bond acceptors (Lipinski definition) is 3. The summed E-state index contributed by atoms with van der Waals surface area (Å²) in [5, 5.41) is 0.510. The van der Waals surface area contributed by atoms with Crippen LogP contribution in [0.4, 0.5) is 0 Å². The molecule has 0 fully saturated rings. The SMILES string of the molecule is O=c1ccoc2cccc(OCCCn3cccc3)c12. The minimum Gasteiger partial charge on any atom is -0.493 e. The van der Waals surface area contributed by atoms with Gasteiger partial charge in [0, 0.05) is 25.0 Å². The predicted molar refractivity (Wildman–Crippen MR) is 77.0 cm³/mol. The van der Waals surface area contributed by atoms with Gasteiger partial charge in [0.15, 0.2) is 5.43 Å². The lowest BCUT2D eigenvalue weighted by molar-refractivity contribution is 0.305. The summed E-state index contributed by atoms with van der Waals surface area (Å²) >= 11 is 0. The quantitative estimate of drug-likeness (QED) is 0.669. The summed E-state index contributed by atoms with van der Waals surface area (Å²) in [4.78, 5) is 11.9. The monoisotopic (exact) mass is 269 g/mol. The molecule has 0 radical (unpaired) electrons. The van der Waals surface area contributed by atoms with Crippen LogP contribution in [0.5, 0.6) is 5.75 Å². The molecule has 0 aliphatic heterocycles. The van der Waals surface area contributed by atoms with Crippen LogP contribution in [0.2, 0.25) is 0 Å². The third-order valence-electron chi connectivity index (χ3n) is 3.13. The van der Waals surface area contributed by atoms with Crippen LogP contribution in [0, 0.1) is 0 Å². The van der Waals surface area contributed by atoms with Crippen molar-refractivity contribution in [3.63, 3.8) is 0 Å². The minimum atomic E-state index is -0.0766. The van der Waals surface area contributed by atoms with Crippen molar-refractivity contribution in [2.75, 3.05) is 6.61 Å². The fourth-order valence-electron chi connectivity index (χ4n) is 2.17. The van der Waals surface area contributed by atoms with E-state index in [2.05, 4.69) is 4.57 Å². The maximum atomic E-state index is 11.9. The van der Waals surface area contributed by atoms with Crippen molar-refractivity contribution in [1.82, 2.24) is 4.57 Å². The zero-order valence-electron chi connectivity index (χ0n) is 11.0. The van der Waals surface area contributed by atoms with Gasteiger partial charge < -0.3 is 13.7 Å². The molecular weight excluding hydrogens is 254 g/mol. The van der Waals surface area contributed by atoms with Crippen molar-refractivity contribution in [2.45, 2.75) is 13.0 Å². The van der Waals surface area contributed by atoms with Gasteiger partial charge in [0.2, 0.25) is 0 Å². The molecule has 0 unspecified atom stereocenters. The molecule has 0 spiro atoms. The average molecular weight is 269 g/mol. The van der Waals surface area contributed by atoms with E-state index in [1.54, 1.807) is 12.1 Å². The molecule has 0 bridgehead atoms. The maximum Gasteiger partial charge on any atom is 0.196 e. The number of hydrogen-bond donors (Lipinski definition) is 0. The molecule has 0 saturated carbocycles. The van der Waals surface area contributed by atoms with Gasteiger partial charge in [-0.05, 0) is 30.7 Å². The normalized spacial score (nSPS) is 10.8. The van der Waals surface area contributed by atoms with Gasteiger partial charge in [-0.25, -0.2) is 0 Å². The lowest BCUT2D eigenvalue weighted by Gasteiger charge is -2.08. The molecule has 20 heavy (non-hydrogen) atoms. The summed E-state index contributed by atoms with van der Waals surface area (Å²) < 4.78 is 13.1. The highest BCUT2D eigenvalue weighted by atomic mass is 16.5. The zero-order chi connectivity index (χ0) is 13.8. The van der Waals surface area contributed by atoms with Crippen molar-refractivity contribution in [3.8, 4) is 5.75 Å². The summed E-state index contributed by atoms with van der Waals surface area (Å²) in [6.07, 6.45) is 6.32. The molecule has 0 aliphatic carbocycles. The fraction of sp³-hybridized carbons (Fsp3) is 0.188. The molecule has 1 aromatic carbocycles. The Morgan fingerprint density at radius 1 is 1.10 bits per heavy atom. The zero-order valence-corrected chi connectivity index (χ0v) is 11.0. The second-order valence-electron chi connectivity index (χ2n) is 4.54. The van der Waals surface area contributed by atoms with Crippen LogP contribution in [0.15, 0.2) is 64.3 Å². The van der Waals surface area contributed by atoms with Crippen LogP contribution >= 0.6 is 0 Å². The molecule has 4 nitrogen and oxygen atoms in total. The summed E-state index contributed by atoms with van der Waals surface area (Å²) in [6.45, 7) is 1.46. The number of aryl methyl sites for hydroxylation is 1. The highest BCUT2D eigenvalue weighted by molar-refractivity contribution is 5.82. The van der Waals surface area contributed by atoms with Crippen molar-refractivity contribution < 1.29 is 9.15 Å². The number of rotatable bonds is 5. The van der Waals surface area contributed by atoms with Crippen LogP contribution in [0.3, 0.4) is 0 Å². The first-order valence-electron chi connectivity index (χ1n) is 6.59. The van der Waals surface area contributed by atoms with E-state index in [1.807, 2.05) is 30.6 Å². The van der Waals surface area contributed by atoms with Crippen molar-refractivity contribution in [2.24, 2.45) is 0 Å². The first-order chi connectivity index (χ1) is 9.84. The Kier molecular flexibility index (Phi) is 3.54. The highest BCUT2D eigenvalue weighted by Gasteiger charge is 2.06. The average Bonchev–Trinajstić information content (AvgIpc) is 2.97. The molecule has 3 rings (SSSR count). The summed E-state index contributed by atoms with van der Waals surface area (Å²) in [5.41, 5.74) is 0.479. The highest BCUT2D eigenvalue weighted by Crippen LogP contribution is 2.22. The van der Waals surface area contributed by atoms with Gasteiger partial charge in [-0.15, -0.1) is 0 Å². The summed E-state index contributed by atoms with van der Waals surface area (Å²) in [6, 6.07) is 10.8. The van der Waals surface area contributed by atoms with Gasteiger partial charge in [0.25, 0.3) is 0 Å². The Morgan fingerprint density at radius 2 is 1.95 bits per heavy atom. The largest absolute Gasteiger partial charge is 0.493 e. The molecule has 0 amide bonds. The van der Waals surface area contributed by atoms with Gasteiger partial charge in [-0.3, -0.25) is 4.79 Å². The molecule has 0 saturated heterocycles. The van der Waals surface area contributed by atoms with Gasteiger partial charge in [-0.1, -0.05) is 6.07 Å². The standard InChI is InChI=1S/C16H15NO3/c18-13-7-12-20-15-6-3-5-14(16(13)15)19-11-4-10-17-8-1-2-9-17/h1-3,5-9,12H,4,10-11H2. The lowest BCUT2D eigenvalue weighted by atomic mass is 10.2. The van der Waals surface area contributed by atoms with Crippen LogP contribution in [-0.2, 0) is 6.54 Å². The molecule has 4 heteroatoms. The third-order valence-corrected chi connectivity index (χ3v) is 3.13. The van der Waals surface area contributed by atoms with E-state index < -0.39 is 0 Å². The first-order valence-corrected chi connectivity index (χ1v) is 6.59. The Balaban J connectivity index is 1.70. The summed E-state index contributed by atoms with van der Waals surface area (Å²) in [7, 11) is 0. The van der Waals surface area contributed by atoms with E-state index in [0.717, 1.165) is 13.0 Å². The van der Waals surface area contributed by atoms with Gasteiger partial charge in [0.1, 0.15) is 16.7 Å². The Bertz CT molecular complexity index is 739. The van der Waals surface area contributed by atoms with Crippen molar-refractivity contribution in [1.29, 1.82) is 0 Å². The first kappa shape index (κ1) is 12.5. The van der Waals surface area contributed by atoms with E-state index in [4.69, 9.17) is 9.15 Å². The number of fused-ring (bicyclic) bond motifs is 1. The molecule has 2 aromatic heterocycles. The topological polar surface area (TPSA) is 44.4 Å². The van der Waals surface area contributed by atoms with Gasteiger partial charge >= 0.3 is 0 Å². The van der Waals surface area contributed by atoms with Gasteiger partial charge in [0.05, 0.1) is 12.9 Å². The predicted octanol–water partition coefficient (Wildman–Crippen LogP) is 3.06. The second kappa shape index (κ2) is 5.65. The number of aromatic nitrogens is 1. The fourth-order valence-corrected chi connectivity index (χ4v) is 2.17. The van der Waals surface area contributed by atoms with E-state index in [1.165, 1.54) is 12.3 Å². The molecule has 0 N–H and O–H groups in total. The third kappa shape index (κ3) is 2.59. The van der Waals surface area contributed by atoms with Crippen molar-refractivity contribution >= 4 is 11.0 Å². The Morgan fingerprint density at radius 3 is 2.80 bits per heavy atom. The second-order valence-corrected chi connectivity index (χ2v) is 4.54. The van der Waals surface area contributed by atoms with Crippen molar-refractivity contribution in [3.05, 3.63) is 65.3 Å². The van der Waals surface area contributed by atoms with E-state index in [0.29, 0.717) is 23.3 Å². The smallest absolute Gasteiger partial charge is 0.196 e. The number of nitrogens with zero attached hydrogens (tertiary/aromatic N) is 1. The molecular formula is C16H15NO3. The Labute approximate surface area is 116 Å². The van der Waals surface area contributed by atoms with Crippen LogP contribution < -0.4 is 10.2 Å². The number of benzene rings is 1. The molecule has 2 heterocycles. The summed E-state index contributed by atoms with van der Waals surface area (Å²) in [5.74, 6) is 0.587. The molecule has 3 aromatic rings.